The molecule has 0 saturated heterocycles. The van der Waals surface area contributed by atoms with Gasteiger partial charge in [0.1, 0.15) is 5.15 Å². The maximum Gasteiger partial charge on any atom is 0.416 e. The number of aromatic nitrogens is 2. The predicted molar refractivity (Wildman–Crippen MR) is 68.3 cm³/mol. The Hall–Kier alpha value is -1.82. The highest BCUT2D eigenvalue weighted by molar-refractivity contribution is 6.32. The average Bonchev–Trinajstić information content (AvgIpc) is 2.74. The lowest BCUT2D eigenvalue weighted by molar-refractivity contribution is -0.137. The van der Waals surface area contributed by atoms with Gasteiger partial charge in [0.2, 0.25) is 0 Å². The minimum absolute atomic E-state index is 0.0103. The van der Waals surface area contributed by atoms with E-state index in [1.54, 1.807) is 6.92 Å². The van der Waals surface area contributed by atoms with Crippen molar-refractivity contribution in [1.29, 1.82) is 0 Å². The molecule has 0 saturated carbocycles. The van der Waals surface area contributed by atoms with Crippen LogP contribution in [0.25, 0.3) is 5.69 Å². The molecule has 106 valence electrons. The van der Waals surface area contributed by atoms with E-state index in [1.165, 1.54) is 12.1 Å². The highest BCUT2D eigenvalue weighted by Gasteiger charge is 2.30. The molecule has 0 aliphatic carbocycles. The van der Waals surface area contributed by atoms with Crippen LogP contribution in [0.15, 0.2) is 24.3 Å². The molecule has 0 bridgehead atoms. The number of hydrogen-bond donors (Lipinski definition) is 0. The molecule has 0 aliphatic heterocycles. The van der Waals surface area contributed by atoms with E-state index in [0.717, 1.165) is 16.8 Å². The third kappa shape index (κ3) is 2.56. The Bertz CT molecular complexity index is 650. The fraction of sp³-hybridized carbons (Fsp3) is 0.231. The Labute approximate surface area is 118 Å². The summed E-state index contributed by atoms with van der Waals surface area (Å²) in [5.74, 6) is 0. The summed E-state index contributed by atoms with van der Waals surface area (Å²) >= 11 is 6.00. The molecular weight excluding hydrogens is 293 g/mol. The second-order valence-corrected chi connectivity index (χ2v) is 4.44. The van der Waals surface area contributed by atoms with Crippen LogP contribution in [0.4, 0.5) is 13.2 Å². The number of carbonyl (C=O) groups excluding carboxylic acids is 1. The first kappa shape index (κ1) is 14.6. The molecule has 0 unspecified atom stereocenters. The van der Waals surface area contributed by atoms with Crippen LogP contribution in [0.5, 0.6) is 0 Å². The van der Waals surface area contributed by atoms with Gasteiger partial charge in [0, 0.05) is 0 Å². The van der Waals surface area contributed by atoms with Crippen LogP contribution in [0, 0.1) is 0 Å². The number of aryl methyl sites for hydroxylation is 1. The van der Waals surface area contributed by atoms with E-state index >= 15 is 0 Å². The van der Waals surface area contributed by atoms with Crippen LogP contribution < -0.4 is 0 Å². The Morgan fingerprint density at radius 3 is 2.60 bits per heavy atom. The summed E-state index contributed by atoms with van der Waals surface area (Å²) in [6, 6.07) is 4.61. The van der Waals surface area contributed by atoms with Crippen LogP contribution in [-0.4, -0.2) is 16.1 Å². The first-order valence-corrected chi connectivity index (χ1v) is 6.16. The van der Waals surface area contributed by atoms with E-state index in [1.807, 2.05) is 0 Å². The van der Waals surface area contributed by atoms with Crippen LogP contribution in [-0.2, 0) is 12.6 Å². The van der Waals surface area contributed by atoms with Crippen LogP contribution in [0.1, 0.15) is 28.5 Å². The number of rotatable bonds is 3. The molecule has 0 spiro atoms. The van der Waals surface area contributed by atoms with Gasteiger partial charge in [-0.05, 0) is 24.6 Å². The summed E-state index contributed by atoms with van der Waals surface area (Å²) in [6.45, 7) is 1.78. The fourth-order valence-corrected chi connectivity index (χ4v) is 2.10. The van der Waals surface area contributed by atoms with Gasteiger partial charge >= 0.3 is 6.18 Å². The first-order chi connectivity index (χ1) is 9.38. The van der Waals surface area contributed by atoms with Crippen molar-refractivity contribution in [2.45, 2.75) is 19.5 Å². The van der Waals surface area contributed by atoms with Gasteiger partial charge in [0.15, 0.2) is 6.29 Å². The maximum absolute atomic E-state index is 12.7. The van der Waals surface area contributed by atoms with Gasteiger partial charge in [-0.2, -0.15) is 18.3 Å². The van der Waals surface area contributed by atoms with Crippen molar-refractivity contribution < 1.29 is 18.0 Å². The monoisotopic (exact) mass is 302 g/mol. The quantitative estimate of drug-likeness (QED) is 0.806. The molecule has 1 aromatic carbocycles. The smallest absolute Gasteiger partial charge is 0.298 e. The van der Waals surface area contributed by atoms with Gasteiger partial charge in [-0.1, -0.05) is 24.6 Å². The Kier molecular flexibility index (Phi) is 3.85. The van der Waals surface area contributed by atoms with Crippen molar-refractivity contribution in [2.24, 2.45) is 0 Å². The fourth-order valence-electron chi connectivity index (χ4n) is 1.81. The molecule has 2 rings (SSSR count). The zero-order valence-electron chi connectivity index (χ0n) is 10.4. The number of nitrogens with zero attached hydrogens (tertiary/aromatic N) is 2. The zero-order valence-corrected chi connectivity index (χ0v) is 11.2. The third-order valence-electron chi connectivity index (χ3n) is 2.81. The Balaban J connectivity index is 2.58. The highest BCUT2D eigenvalue weighted by Crippen LogP contribution is 2.31. The normalized spacial score (nSPS) is 11.7. The molecule has 0 aliphatic rings. The predicted octanol–water partition coefficient (Wildman–Crippen LogP) is 3.92. The summed E-state index contributed by atoms with van der Waals surface area (Å²) < 4.78 is 39.2. The summed E-state index contributed by atoms with van der Waals surface area (Å²) in [4.78, 5) is 11.0. The van der Waals surface area contributed by atoms with Gasteiger partial charge in [-0.25, -0.2) is 4.68 Å². The lowest BCUT2D eigenvalue weighted by Gasteiger charge is -2.09. The third-order valence-corrected chi connectivity index (χ3v) is 3.17. The molecule has 1 heterocycles. The summed E-state index contributed by atoms with van der Waals surface area (Å²) in [7, 11) is 0. The SMILES string of the molecule is CCc1nn(-c2cccc(C(F)(F)F)c2)c(Cl)c1C=O. The molecule has 0 radical (unpaired) electrons. The lowest BCUT2D eigenvalue weighted by Crippen LogP contribution is -2.06. The number of hydrogen-bond acceptors (Lipinski definition) is 2. The Morgan fingerprint density at radius 1 is 1.40 bits per heavy atom. The van der Waals surface area contributed by atoms with Crippen LogP contribution >= 0.6 is 11.6 Å². The molecule has 0 atom stereocenters. The zero-order chi connectivity index (χ0) is 14.9. The number of aldehydes is 1. The highest BCUT2D eigenvalue weighted by atomic mass is 35.5. The number of carbonyl (C=O) groups is 1. The standard InChI is InChI=1S/C13H10ClF3N2O/c1-2-11-10(7-20)12(14)19(18-11)9-5-3-4-8(6-9)13(15,16)17/h3-7H,2H2,1H3. The molecule has 7 heteroatoms. The molecular formula is C13H10ClF3N2O. The van der Waals surface area contributed by atoms with Crippen molar-refractivity contribution in [3.63, 3.8) is 0 Å². The van der Waals surface area contributed by atoms with Gasteiger partial charge < -0.3 is 0 Å². The van der Waals surface area contributed by atoms with Gasteiger partial charge in [0.05, 0.1) is 22.5 Å². The van der Waals surface area contributed by atoms with Crippen molar-refractivity contribution in [3.05, 3.63) is 46.2 Å². The van der Waals surface area contributed by atoms with Crippen LogP contribution in [0.2, 0.25) is 5.15 Å². The molecule has 20 heavy (non-hydrogen) atoms. The average molecular weight is 303 g/mol. The lowest BCUT2D eigenvalue weighted by atomic mass is 10.2. The topological polar surface area (TPSA) is 34.9 Å². The molecule has 0 N–H and O–H groups in total. The maximum atomic E-state index is 12.7. The van der Waals surface area contributed by atoms with E-state index in [-0.39, 0.29) is 16.4 Å². The molecule has 1 aromatic heterocycles. The number of alkyl halides is 3. The van der Waals surface area contributed by atoms with Crippen molar-refractivity contribution in [2.75, 3.05) is 0 Å². The minimum Gasteiger partial charge on any atom is -0.298 e. The van der Waals surface area contributed by atoms with E-state index in [9.17, 15) is 18.0 Å². The summed E-state index contributed by atoms with van der Waals surface area (Å²) in [5, 5.41) is 4.09. The minimum atomic E-state index is -4.45. The largest absolute Gasteiger partial charge is 0.416 e. The molecule has 0 fully saturated rings. The van der Waals surface area contributed by atoms with Crippen molar-refractivity contribution in [1.82, 2.24) is 9.78 Å². The number of benzene rings is 1. The van der Waals surface area contributed by atoms with E-state index < -0.39 is 11.7 Å². The number of halogens is 4. The van der Waals surface area contributed by atoms with Crippen LogP contribution in [0.3, 0.4) is 0 Å². The second kappa shape index (κ2) is 5.28. The second-order valence-electron chi connectivity index (χ2n) is 4.08. The van der Waals surface area contributed by atoms with E-state index in [4.69, 9.17) is 11.6 Å². The molecule has 3 nitrogen and oxygen atoms in total. The first-order valence-electron chi connectivity index (χ1n) is 5.78. The van der Waals surface area contributed by atoms with E-state index in [0.29, 0.717) is 18.4 Å². The van der Waals surface area contributed by atoms with E-state index in [2.05, 4.69) is 5.10 Å². The van der Waals surface area contributed by atoms with Gasteiger partial charge in [0.25, 0.3) is 0 Å². The Morgan fingerprint density at radius 2 is 2.10 bits per heavy atom. The van der Waals surface area contributed by atoms with Gasteiger partial charge in [-0.15, -0.1) is 0 Å². The van der Waals surface area contributed by atoms with Crippen molar-refractivity contribution in [3.8, 4) is 5.69 Å². The molecule has 0 amide bonds. The summed E-state index contributed by atoms with van der Waals surface area (Å²) in [6.07, 6.45) is -3.44. The van der Waals surface area contributed by atoms with Crippen molar-refractivity contribution >= 4 is 17.9 Å². The summed E-state index contributed by atoms with van der Waals surface area (Å²) in [5.41, 5.74) is 0.00823. The van der Waals surface area contributed by atoms with Gasteiger partial charge in [-0.3, -0.25) is 4.79 Å². The molecule has 2 aromatic rings.